The van der Waals surface area contributed by atoms with Crippen molar-refractivity contribution in [3.8, 4) is 0 Å². The maximum absolute atomic E-state index is 11.4. The van der Waals surface area contributed by atoms with E-state index >= 15 is 0 Å². The summed E-state index contributed by atoms with van der Waals surface area (Å²) in [5, 5.41) is 7.21. The first-order valence-electron chi connectivity index (χ1n) is 4.74. The van der Waals surface area contributed by atoms with Gasteiger partial charge >= 0.3 is 5.69 Å². The van der Waals surface area contributed by atoms with Crippen LogP contribution in [0.4, 0.5) is 0 Å². The van der Waals surface area contributed by atoms with Crippen molar-refractivity contribution in [3.05, 3.63) is 22.6 Å². The Morgan fingerprint density at radius 1 is 1.73 bits per heavy atom. The summed E-state index contributed by atoms with van der Waals surface area (Å²) in [6.45, 7) is 3.81. The Labute approximate surface area is 96.7 Å². The predicted octanol–water partition coefficient (Wildman–Crippen LogP) is 1.79. The second-order valence-corrected chi connectivity index (χ2v) is 4.79. The number of aromatic amines is 1. The summed E-state index contributed by atoms with van der Waals surface area (Å²) < 4.78 is 1.73. The van der Waals surface area contributed by atoms with Gasteiger partial charge in [-0.25, -0.2) is 9.89 Å². The molecule has 0 spiro atoms. The highest BCUT2D eigenvalue weighted by atomic mass is 35.5. The van der Waals surface area contributed by atoms with E-state index in [-0.39, 0.29) is 5.69 Å². The number of halogens is 1. The van der Waals surface area contributed by atoms with Crippen LogP contribution in [0.5, 0.6) is 0 Å². The SMILES string of the molecule is C=C(CCl)CSc1n[nH]c(=O)n1C1CC1. The van der Waals surface area contributed by atoms with Crippen molar-refractivity contribution in [2.75, 3.05) is 11.6 Å². The van der Waals surface area contributed by atoms with E-state index in [1.165, 1.54) is 11.8 Å². The predicted molar refractivity (Wildman–Crippen MR) is 61.7 cm³/mol. The first kappa shape index (κ1) is 10.8. The molecule has 4 nitrogen and oxygen atoms in total. The maximum Gasteiger partial charge on any atom is 0.344 e. The van der Waals surface area contributed by atoms with E-state index in [1.807, 2.05) is 0 Å². The summed E-state index contributed by atoms with van der Waals surface area (Å²) in [4.78, 5) is 11.4. The van der Waals surface area contributed by atoms with Gasteiger partial charge in [0.1, 0.15) is 0 Å². The third-order valence-electron chi connectivity index (χ3n) is 2.18. The van der Waals surface area contributed by atoms with Gasteiger partial charge in [-0.05, 0) is 12.8 Å². The van der Waals surface area contributed by atoms with Gasteiger partial charge in [0.2, 0.25) is 0 Å². The number of nitrogens with zero attached hydrogens (tertiary/aromatic N) is 2. The highest BCUT2D eigenvalue weighted by molar-refractivity contribution is 7.99. The number of rotatable bonds is 5. The molecule has 1 aliphatic carbocycles. The van der Waals surface area contributed by atoms with E-state index in [1.54, 1.807) is 4.57 Å². The third kappa shape index (κ3) is 2.46. The molecular weight excluding hydrogens is 234 g/mol. The van der Waals surface area contributed by atoms with E-state index in [0.717, 1.165) is 23.6 Å². The number of aromatic nitrogens is 3. The Morgan fingerprint density at radius 3 is 3.07 bits per heavy atom. The normalized spacial score (nSPS) is 15.5. The highest BCUT2D eigenvalue weighted by Gasteiger charge is 2.28. The average molecular weight is 246 g/mol. The van der Waals surface area contributed by atoms with Crippen molar-refractivity contribution in [2.45, 2.75) is 24.0 Å². The zero-order chi connectivity index (χ0) is 10.8. The first-order valence-corrected chi connectivity index (χ1v) is 6.26. The van der Waals surface area contributed by atoms with Gasteiger partial charge in [-0.2, -0.15) is 0 Å². The van der Waals surface area contributed by atoms with Crippen LogP contribution in [-0.4, -0.2) is 26.4 Å². The Bertz CT molecular complexity index is 421. The molecule has 15 heavy (non-hydrogen) atoms. The molecule has 0 saturated heterocycles. The Morgan fingerprint density at radius 2 is 2.47 bits per heavy atom. The molecule has 6 heteroatoms. The molecule has 1 aromatic heterocycles. The second-order valence-electron chi connectivity index (χ2n) is 3.58. The van der Waals surface area contributed by atoms with Crippen molar-refractivity contribution in [2.24, 2.45) is 0 Å². The monoisotopic (exact) mass is 245 g/mol. The standard InChI is InChI=1S/C9H12ClN3OS/c1-6(4-10)5-15-9-12-11-8(14)13(9)7-2-3-7/h7H,1-5H2,(H,11,14). The van der Waals surface area contributed by atoms with Crippen molar-refractivity contribution < 1.29 is 0 Å². The van der Waals surface area contributed by atoms with E-state index in [9.17, 15) is 4.79 Å². The van der Waals surface area contributed by atoms with Crippen LogP contribution in [0.15, 0.2) is 22.1 Å². The van der Waals surface area contributed by atoms with Crippen LogP contribution in [0.3, 0.4) is 0 Å². The van der Waals surface area contributed by atoms with E-state index in [0.29, 0.717) is 17.7 Å². The molecule has 0 aliphatic heterocycles. The van der Waals surface area contributed by atoms with Gasteiger partial charge in [-0.15, -0.1) is 16.7 Å². The van der Waals surface area contributed by atoms with E-state index in [4.69, 9.17) is 11.6 Å². The van der Waals surface area contributed by atoms with Crippen LogP contribution in [-0.2, 0) is 0 Å². The highest BCUT2D eigenvalue weighted by Crippen LogP contribution is 2.36. The zero-order valence-corrected chi connectivity index (χ0v) is 9.77. The number of hydrogen-bond donors (Lipinski definition) is 1. The van der Waals surface area contributed by atoms with Gasteiger partial charge in [0.25, 0.3) is 0 Å². The topological polar surface area (TPSA) is 50.7 Å². The molecule has 0 aromatic carbocycles. The number of nitrogens with one attached hydrogen (secondary N) is 1. The minimum Gasteiger partial charge on any atom is -0.267 e. The molecule has 1 aliphatic rings. The van der Waals surface area contributed by atoms with Crippen LogP contribution >= 0.6 is 23.4 Å². The summed E-state index contributed by atoms with van der Waals surface area (Å²) in [5.74, 6) is 1.16. The van der Waals surface area contributed by atoms with E-state index in [2.05, 4.69) is 16.8 Å². The fourth-order valence-electron chi connectivity index (χ4n) is 1.25. The van der Waals surface area contributed by atoms with Crippen LogP contribution < -0.4 is 5.69 Å². The fraction of sp³-hybridized carbons (Fsp3) is 0.556. The maximum atomic E-state index is 11.4. The minimum absolute atomic E-state index is 0.114. The number of hydrogen-bond acceptors (Lipinski definition) is 3. The quantitative estimate of drug-likeness (QED) is 0.489. The van der Waals surface area contributed by atoms with Crippen molar-refractivity contribution in [1.29, 1.82) is 0 Å². The molecule has 82 valence electrons. The lowest BCUT2D eigenvalue weighted by Gasteiger charge is -2.03. The number of alkyl halides is 1. The number of H-pyrrole nitrogens is 1. The lowest BCUT2D eigenvalue weighted by Crippen LogP contribution is -2.16. The lowest BCUT2D eigenvalue weighted by molar-refractivity contribution is 0.643. The third-order valence-corrected chi connectivity index (χ3v) is 3.66. The van der Waals surface area contributed by atoms with Gasteiger partial charge in [-0.3, -0.25) is 4.57 Å². The Hall–Kier alpha value is -0.680. The van der Waals surface area contributed by atoms with Gasteiger partial charge in [0.05, 0.1) is 0 Å². The molecule has 0 bridgehead atoms. The van der Waals surface area contributed by atoms with Crippen LogP contribution in [0.2, 0.25) is 0 Å². The van der Waals surface area contributed by atoms with Crippen LogP contribution in [0.25, 0.3) is 0 Å². The Balaban J connectivity index is 2.07. The molecule has 1 N–H and O–H groups in total. The lowest BCUT2D eigenvalue weighted by atomic mass is 10.4. The molecule has 1 heterocycles. The molecule has 2 rings (SSSR count). The van der Waals surface area contributed by atoms with Crippen molar-refractivity contribution >= 4 is 23.4 Å². The first-order chi connectivity index (χ1) is 7.22. The molecule has 0 radical (unpaired) electrons. The molecule has 0 amide bonds. The zero-order valence-electron chi connectivity index (χ0n) is 8.20. The van der Waals surface area contributed by atoms with Gasteiger partial charge in [0.15, 0.2) is 5.16 Å². The molecule has 1 aromatic rings. The molecule has 1 saturated carbocycles. The van der Waals surface area contributed by atoms with Gasteiger partial charge < -0.3 is 0 Å². The van der Waals surface area contributed by atoms with Crippen LogP contribution in [0.1, 0.15) is 18.9 Å². The summed E-state index contributed by atoms with van der Waals surface area (Å²) in [6, 6.07) is 0.350. The Kier molecular flexibility index (Phi) is 3.21. The summed E-state index contributed by atoms with van der Waals surface area (Å²) >= 11 is 7.13. The van der Waals surface area contributed by atoms with Gasteiger partial charge in [0, 0.05) is 17.7 Å². The molecule has 0 atom stereocenters. The van der Waals surface area contributed by atoms with Crippen molar-refractivity contribution in [3.63, 3.8) is 0 Å². The average Bonchev–Trinajstić information content (AvgIpc) is 3.00. The van der Waals surface area contributed by atoms with Crippen molar-refractivity contribution in [1.82, 2.24) is 14.8 Å². The van der Waals surface area contributed by atoms with E-state index < -0.39 is 0 Å². The smallest absolute Gasteiger partial charge is 0.267 e. The molecule has 0 unspecified atom stereocenters. The second kappa shape index (κ2) is 4.45. The molecule has 1 fully saturated rings. The number of thioether (sulfide) groups is 1. The van der Waals surface area contributed by atoms with Gasteiger partial charge in [-0.1, -0.05) is 23.9 Å². The summed E-state index contributed by atoms with van der Waals surface area (Å²) in [5.41, 5.74) is 0.830. The molecular formula is C9H12ClN3OS. The summed E-state index contributed by atoms with van der Waals surface area (Å²) in [6.07, 6.45) is 2.15. The van der Waals surface area contributed by atoms with Crippen LogP contribution in [0, 0.1) is 0 Å². The largest absolute Gasteiger partial charge is 0.344 e. The summed E-state index contributed by atoms with van der Waals surface area (Å²) in [7, 11) is 0. The minimum atomic E-state index is -0.114. The fourth-order valence-corrected chi connectivity index (χ4v) is 2.38.